The van der Waals surface area contributed by atoms with Gasteiger partial charge < -0.3 is 4.74 Å². The molecule has 1 aliphatic carbocycles. The zero-order chi connectivity index (χ0) is 20.3. The van der Waals surface area contributed by atoms with Crippen LogP contribution in [-0.2, 0) is 11.3 Å². The van der Waals surface area contributed by atoms with Crippen molar-refractivity contribution in [3.05, 3.63) is 96.1 Å². The molecule has 1 aliphatic heterocycles. The number of fused-ring (bicyclic) bond motifs is 1. The van der Waals surface area contributed by atoms with Crippen LogP contribution in [0.5, 0.6) is 0 Å². The van der Waals surface area contributed by atoms with E-state index in [1.54, 1.807) is 0 Å². The fourth-order valence-corrected chi connectivity index (χ4v) is 8.30. The molecule has 3 atom stereocenters. The fourth-order valence-electron chi connectivity index (χ4n) is 5.03. The number of ether oxygens (including phenoxy) is 1. The van der Waals surface area contributed by atoms with E-state index in [4.69, 9.17) is 9.73 Å². The summed E-state index contributed by atoms with van der Waals surface area (Å²) in [5, 5.41) is 2.97. The van der Waals surface area contributed by atoms with Crippen molar-refractivity contribution in [1.29, 1.82) is 0 Å². The van der Waals surface area contributed by atoms with Crippen LogP contribution in [0.15, 0.2) is 89.9 Å². The van der Waals surface area contributed by atoms with Crippen molar-refractivity contribution in [3.8, 4) is 0 Å². The van der Waals surface area contributed by atoms with E-state index < -0.39 is 7.92 Å². The number of aliphatic imine (C=N–C) groups is 1. The van der Waals surface area contributed by atoms with Gasteiger partial charge in [-0.05, 0) is 55.9 Å². The molecule has 0 spiro atoms. The van der Waals surface area contributed by atoms with Crippen LogP contribution in [0.25, 0.3) is 0 Å². The maximum absolute atomic E-state index is 5.97. The molecular weight excluding hydrogens is 385 g/mol. The highest BCUT2D eigenvalue weighted by Gasteiger charge is 2.38. The molecule has 0 amide bonds. The minimum absolute atomic E-state index is 0.260. The van der Waals surface area contributed by atoms with Crippen LogP contribution in [0, 0.1) is 5.92 Å². The van der Waals surface area contributed by atoms with E-state index in [-0.39, 0.29) is 6.04 Å². The first-order valence-corrected chi connectivity index (χ1v) is 12.4. The molecule has 3 aromatic rings. The van der Waals surface area contributed by atoms with Gasteiger partial charge in [0.2, 0.25) is 5.90 Å². The molecule has 3 aromatic carbocycles. The summed E-state index contributed by atoms with van der Waals surface area (Å²) >= 11 is 0. The zero-order valence-corrected chi connectivity index (χ0v) is 18.3. The van der Waals surface area contributed by atoms with E-state index in [1.807, 2.05) is 0 Å². The van der Waals surface area contributed by atoms with E-state index in [1.165, 1.54) is 41.0 Å². The lowest BCUT2D eigenvalue weighted by atomic mass is 9.99. The summed E-state index contributed by atoms with van der Waals surface area (Å²) in [6, 6.07) is 31.0. The van der Waals surface area contributed by atoms with Crippen molar-refractivity contribution in [1.82, 2.24) is 0 Å². The summed E-state index contributed by atoms with van der Waals surface area (Å²) in [5.41, 5.74) is 3.08. The third-order valence-electron chi connectivity index (χ3n) is 6.48. The van der Waals surface area contributed by atoms with Crippen molar-refractivity contribution >= 4 is 24.4 Å². The molecule has 1 saturated carbocycles. The molecular formula is C27H28NOP. The first kappa shape index (κ1) is 19.5. The fraction of sp³-hybridized carbons (Fsp3) is 0.296. The Hall–Kier alpha value is -2.44. The number of hydrogen-bond donors (Lipinski definition) is 0. The largest absolute Gasteiger partial charge is 0.473 e. The van der Waals surface area contributed by atoms with Crippen molar-refractivity contribution in [2.45, 2.75) is 44.5 Å². The van der Waals surface area contributed by atoms with Crippen molar-refractivity contribution in [2.24, 2.45) is 10.9 Å². The lowest BCUT2D eigenvalue weighted by Crippen LogP contribution is -2.30. The molecule has 0 saturated heterocycles. The Morgan fingerprint density at radius 3 is 2.17 bits per heavy atom. The first-order chi connectivity index (χ1) is 14.8. The van der Waals surface area contributed by atoms with Gasteiger partial charge in [0.1, 0.15) is 6.61 Å². The van der Waals surface area contributed by atoms with Gasteiger partial charge >= 0.3 is 0 Å². The highest BCUT2D eigenvalue weighted by atomic mass is 31.1. The number of hydrogen-bond acceptors (Lipinski definition) is 2. The zero-order valence-electron chi connectivity index (χ0n) is 17.4. The summed E-state index contributed by atoms with van der Waals surface area (Å²) in [4.78, 5) is 5.12. The lowest BCUT2D eigenvalue weighted by molar-refractivity contribution is 0.307. The van der Waals surface area contributed by atoms with Gasteiger partial charge in [-0.2, -0.15) is 0 Å². The van der Waals surface area contributed by atoms with Crippen LogP contribution in [0.1, 0.15) is 37.3 Å². The summed E-state index contributed by atoms with van der Waals surface area (Å²) in [7, 11) is -0.404. The van der Waals surface area contributed by atoms with Crippen LogP contribution < -0.4 is 10.6 Å². The summed E-state index contributed by atoms with van der Waals surface area (Å²) in [6.45, 7) is 2.94. The topological polar surface area (TPSA) is 21.6 Å². The van der Waals surface area contributed by atoms with Crippen LogP contribution in [0.2, 0.25) is 0 Å². The van der Waals surface area contributed by atoms with Crippen LogP contribution in [-0.4, -0.2) is 17.6 Å². The normalized spacial score (nSPS) is 22.8. The van der Waals surface area contributed by atoms with Crippen LogP contribution >= 0.6 is 7.92 Å². The van der Waals surface area contributed by atoms with Gasteiger partial charge in [0.05, 0.1) is 6.04 Å². The van der Waals surface area contributed by atoms with Crippen molar-refractivity contribution in [2.75, 3.05) is 0 Å². The molecule has 3 heteroatoms. The lowest BCUT2D eigenvalue weighted by Gasteiger charge is -2.32. The summed E-state index contributed by atoms with van der Waals surface area (Å²) < 4.78 is 5.97. The van der Waals surface area contributed by atoms with E-state index in [2.05, 4.69) is 91.9 Å². The van der Waals surface area contributed by atoms with E-state index in [0.717, 1.165) is 5.90 Å². The van der Waals surface area contributed by atoms with Gasteiger partial charge in [0.15, 0.2) is 0 Å². The van der Waals surface area contributed by atoms with E-state index >= 15 is 0 Å². The predicted octanol–water partition coefficient (Wildman–Crippen LogP) is 5.65. The molecule has 2 unspecified atom stereocenters. The standard InChI is InChI=1S/C27H28NOP/c1-20(28-27-25-16-9-8-11-21(25)19-29-27)24-17-10-18-26(24)30(22-12-4-2-5-13-22)23-14-6-3-7-15-23/h2-9,11-16,20,24,26H,10,17-19H2,1H3/t20-,24?,26?/m1/s1. The van der Waals surface area contributed by atoms with E-state index in [0.29, 0.717) is 18.2 Å². The molecule has 0 bridgehead atoms. The Kier molecular flexibility index (Phi) is 5.69. The number of rotatable bonds is 5. The minimum Gasteiger partial charge on any atom is -0.473 e. The summed E-state index contributed by atoms with van der Waals surface area (Å²) in [5.74, 6) is 1.42. The van der Waals surface area contributed by atoms with Gasteiger partial charge in [-0.3, -0.25) is 0 Å². The maximum atomic E-state index is 5.97. The monoisotopic (exact) mass is 413 g/mol. The van der Waals surface area contributed by atoms with Crippen LogP contribution in [0.3, 0.4) is 0 Å². The van der Waals surface area contributed by atoms with Crippen molar-refractivity contribution in [3.63, 3.8) is 0 Å². The Bertz CT molecular complexity index is 978. The van der Waals surface area contributed by atoms with Gasteiger partial charge in [-0.15, -0.1) is 0 Å². The molecule has 1 fully saturated rings. The molecule has 0 aromatic heterocycles. The van der Waals surface area contributed by atoms with E-state index in [9.17, 15) is 0 Å². The third kappa shape index (κ3) is 3.82. The van der Waals surface area contributed by atoms with Gasteiger partial charge in [-0.1, -0.05) is 85.3 Å². The Balaban J connectivity index is 1.47. The van der Waals surface area contributed by atoms with Crippen molar-refractivity contribution < 1.29 is 4.74 Å². The molecule has 152 valence electrons. The average molecular weight is 414 g/mol. The minimum atomic E-state index is -0.404. The summed E-state index contributed by atoms with van der Waals surface area (Å²) in [6.07, 6.45) is 3.83. The highest BCUT2D eigenvalue weighted by Crippen LogP contribution is 2.51. The number of nitrogens with zero attached hydrogens (tertiary/aromatic N) is 1. The molecule has 0 N–H and O–H groups in total. The highest BCUT2D eigenvalue weighted by molar-refractivity contribution is 7.73. The Morgan fingerprint density at radius 2 is 1.47 bits per heavy atom. The second-order valence-electron chi connectivity index (χ2n) is 8.32. The molecule has 30 heavy (non-hydrogen) atoms. The van der Waals surface area contributed by atoms with Gasteiger partial charge in [-0.25, -0.2) is 4.99 Å². The molecule has 2 nitrogen and oxygen atoms in total. The Morgan fingerprint density at radius 1 is 0.833 bits per heavy atom. The Labute approximate surface area is 180 Å². The second-order valence-corrected chi connectivity index (χ2v) is 10.8. The number of benzene rings is 3. The second kappa shape index (κ2) is 8.74. The van der Waals surface area contributed by atoms with Gasteiger partial charge in [0.25, 0.3) is 0 Å². The third-order valence-corrected chi connectivity index (χ3v) is 9.50. The average Bonchev–Trinajstić information content (AvgIpc) is 3.43. The SMILES string of the molecule is C[C@@H](N=C1OCc2ccccc21)C1CCCC1P(c1ccccc1)c1ccccc1. The molecule has 0 radical (unpaired) electrons. The smallest absolute Gasteiger partial charge is 0.217 e. The molecule has 5 rings (SSSR count). The molecule has 1 heterocycles. The predicted molar refractivity (Wildman–Crippen MR) is 127 cm³/mol. The maximum Gasteiger partial charge on any atom is 0.217 e. The first-order valence-electron chi connectivity index (χ1n) is 11.0. The quantitative estimate of drug-likeness (QED) is 0.495. The van der Waals surface area contributed by atoms with Crippen LogP contribution in [0.4, 0.5) is 0 Å². The van der Waals surface area contributed by atoms with Gasteiger partial charge in [0, 0.05) is 11.1 Å². The molecule has 2 aliphatic rings.